The lowest BCUT2D eigenvalue weighted by atomic mass is 10.1. The maximum atomic E-state index is 13.2. The van der Waals surface area contributed by atoms with Crippen molar-refractivity contribution in [2.24, 2.45) is 0 Å². The van der Waals surface area contributed by atoms with E-state index in [1.54, 1.807) is 31.2 Å². The standard InChI is InChI=1S/C28H31N3O6S/c1-3-15-30-38(34,35)22-13-14-24(20(2)16-22)36-19-27(32)31-18-26(37-25-12-8-7-11-23(25)31)28(33)29-17-21-9-5-4-6-10-21/h4-14,16,26,30H,3,15,17-19H2,1-2H3,(H,29,33)/t26-/m0/s1. The van der Waals surface area contributed by atoms with Crippen LogP contribution in [0.4, 0.5) is 5.69 Å². The maximum Gasteiger partial charge on any atom is 0.265 e. The predicted molar refractivity (Wildman–Crippen MR) is 144 cm³/mol. The smallest absolute Gasteiger partial charge is 0.265 e. The van der Waals surface area contributed by atoms with Crippen molar-refractivity contribution in [3.63, 3.8) is 0 Å². The van der Waals surface area contributed by atoms with Crippen LogP contribution >= 0.6 is 0 Å². The van der Waals surface area contributed by atoms with Gasteiger partial charge in [-0.15, -0.1) is 0 Å². The van der Waals surface area contributed by atoms with Crippen LogP contribution in [-0.4, -0.2) is 46.0 Å². The van der Waals surface area contributed by atoms with Gasteiger partial charge < -0.3 is 19.7 Å². The Bertz CT molecular complexity index is 1390. The fourth-order valence-electron chi connectivity index (χ4n) is 3.99. The molecule has 2 amide bonds. The van der Waals surface area contributed by atoms with Gasteiger partial charge in [-0.05, 0) is 54.8 Å². The van der Waals surface area contributed by atoms with E-state index in [9.17, 15) is 18.0 Å². The third-order valence-electron chi connectivity index (χ3n) is 6.03. The van der Waals surface area contributed by atoms with Gasteiger partial charge in [0.05, 0.1) is 17.1 Å². The SMILES string of the molecule is CCCNS(=O)(=O)c1ccc(OCC(=O)N2C[C@@H](C(=O)NCc3ccccc3)Oc3ccccc32)c(C)c1. The summed E-state index contributed by atoms with van der Waals surface area (Å²) in [5.41, 5.74) is 2.08. The number of fused-ring (bicyclic) bond motifs is 1. The lowest BCUT2D eigenvalue weighted by Crippen LogP contribution is -2.51. The van der Waals surface area contributed by atoms with Crippen LogP contribution in [-0.2, 0) is 26.2 Å². The third kappa shape index (κ3) is 6.51. The number of benzene rings is 3. The molecule has 0 aliphatic carbocycles. The Kier molecular flexibility index (Phi) is 8.65. The molecular weight excluding hydrogens is 506 g/mol. The van der Waals surface area contributed by atoms with Gasteiger partial charge in [-0.1, -0.05) is 49.4 Å². The molecule has 1 atom stereocenters. The summed E-state index contributed by atoms with van der Waals surface area (Å²) in [6, 6.07) is 21.0. The first-order valence-corrected chi connectivity index (χ1v) is 13.9. The Hall–Kier alpha value is -3.89. The lowest BCUT2D eigenvalue weighted by molar-refractivity contribution is -0.128. The van der Waals surface area contributed by atoms with Crippen LogP contribution in [0.2, 0.25) is 0 Å². The number of para-hydroxylation sites is 2. The average Bonchev–Trinajstić information content (AvgIpc) is 2.93. The molecule has 0 saturated heterocycles. The van der Waals surface area contributed by atoms with Crippen molar-refractivity contribution < 1.29 is 27.5 Å². The first kappa shape index (κ1) is 27.2. The van der Waals surface area contributed by atoms with E-state index in [4.69, 9.17) is 9.47 Å². The fraction of sp³-hybridized carbons (Fsp3) is 0.286. The molecular formula is C28H31N3O6S. The van der Waals surface area contributed by atoms with E-state index in [2.05, 4.69) is 10.0 Å². The fourth-order valence-corrected chi connectivity index (χ4v) is 5.21. The highest BCUT2D eigenvalue weighted by Crippen LogP contribution is 2.33. The number of nitrogens with zero attached hydrogens (tertiary/aromatic N) is 1. The summed E-state index contributed by atoms with van der Waals surface area (Å²) in [4.78, 5) is 27.8. The van der Waals surface area contributed by atoms with Gasteiger partial charge in [0.25, 0.3) is 11.8 Å². The van der Waals surface area contributed by atoms with Crippen molar-refractivity contribution in [1.82, 2.24) is 10.0 Å². The molecule has 0 radical (unpaired) electrons. The van der Waals surface area contributed by atoms with E-state index in [1.807, 2.05) is 37.3 Å². The van der Waals surface area contributed by atoms with Crippen LogP contribution in [0.25, 0.3) is 0 Å². The van der Waals surface area contributed by atoms with Gasteiger partial charge in [0.15, 0.2) is 12.7 Å². The highest BCUT2D eigenvalue weighted by Gasteiger charge is 2.34. The van der Waals surface area contributed by atoms with Gasteiger partial charge in [0, 0.05) is 13.1 Å². The number of sulfonamides is 1. The van der Waals surface area contributed by atoms with Gasteiger partial charge in [-0.3, -0.25) is 9.59 Å². The van der Waals surface area contributed by atoms with Crippen molar-refractivity contribution in [2.45, 2.75) is 37.8 Å². The molecule has 1 heterocycles. The largest absolute Gasteiger partial charge is 0.483 e. The predicted octanol–water partition coefficient (Wildman–Crippen LogP) is 3.17. The van der Waals surface area contributed by atoms with Crippen LogP contribution in [0, 0.1) is 6.92 Å². The molecule has 2 N–H and O–H groups in total. The first-order valence-electron chi connectivity index (χ1n) is 12.4. The second kappa shape index (κ2) is 12.1. The van der Waals surface area contributed by atoms with E-state index >= 15 is 0 Å². The molecule has 1 aliphatic heterocycles. The number of carbonyl (C=O) groups is 2. The number of anilines is 1. The zero-order valence-electron chi connectivity index (χ0n) is 21.3. The van der Waals surface area contributed by atoms with Crippen LogP contribution in [0.5, 0.6) is 11.5 Å². The molecule has 4 rings (SSSR count). The minimum Gasteiger partial charge on any atom is -0.483 e. The number of carbonyl (C=O) groups excluding carboxylic acids is 2. The van der Waals surface area contributed by atoms with Crippen molar-refractivity contribution in [2.75, 3.05) is 24.6 Å². The van der Waals surface area contributed by atoms with E-state index < -0.39 is 16.1 Å². The Morgan fingerprint density at radius 2 is 1.79 bits per heavy atom. The molecule has 0 bridgehead atoms. The van der Waals surface area contributed by atoms with E-state index in [1.165, 1.54) is 23.1 Å². The van der Waals surface area contributed by atoms with Crippen LogP contribution in [0.3, 0.4) is 0 Å². The van der Waals surface area contributed by atoms with Crippen LogP contribution in [0.1, 0.15) is 24.5 Å². The second-order valence-corrected chi connectivity index (χ2v) is 10.7. The highest BCUT2D eigenvalue weighted by atomic mass is 32.2. The van der Waals surface area contributed by atoms with Gasteiger partial charge in [0.1, 0.15) is 11.5 Å². The van der Waals surface area contributed by atoms with Crippen molar-refractivity contribution in [1.29, 1.82) is 0 Å². The number of hydrogen-bond donors (Lipinski definition) is 2. The Labute approximate surface area is 222 Å². The quantitative estimate of drug-likeness (QED) is 0.411. The van der Waals surface area contributed by atoms with Crippen molar-refractivity contribution >= 4 is 27.5 Å². The Morgan fingerprint density at radius 1 is 1.05 bits per heavy atom. The van der Waals surface area contributed by atoms with Crippen LogP contribution in [0.15, 0.2) is 77.7 Å². The molecule has 200 valence electrons. The minimum absolute atomic E-state index is 0.0269. The molecule has 38 heavy (non-hydrogen) atoms. The summed E-state index contributed by atoms with van der Waals surface area (Å²) in [7, 11) is -3.61. The topological polar surface area (TPSA) is 114 Å². The summed E-state index contributed by atoms with van der Waals surface area (Å²) < 4.78 is 39.0. The molecule has 9 nitrogen and oxygen atoms in total. The lowest BCUT2D eigenvalue weighted by Gasteiger charge is -2.34. The minimum atomic E-state index is -3.61. The normalized spacial score (nSPS) is 14.8. The van der Waals surface area contributed by atoms with E-state index in [0.29, 0.717) is 42.3 Å². The summed E-state index contributed by atoms with van der Waals surface area (Å²) in [6.07, 6.45) is -0.207. The second-order valence-electron chi connectivity index (χ2n) is 8.90. The first-order chi connectivity index (χ1) is 18.3. The Morgan fingerprint density at radius 3 is 2.53 bits per heavy atom. The van der Waals surface area contributed by atoms with E-state index in [0.717, 1.165) is 5.56 Å². The van der Waals surface area contributed by atoms with E-state index in [-0.39, 0.29) is 29.9 Å². The summed E-state index contributed by atoms with van der Waals surface area (Å²) in [5, 5.41) is 2.87. The van der Waals surface area contributed by atoms with Crippen LogP contribution < -0.4 is 24.4 Å². The zero-order valence-corrected chi connectivity index (χ0v) is 22.2. The average molecular weight is 538 g/mol. The number of amides is 2. The molecule has 0 spiro atoms. The van der Waals surface area contributed by atoms with Crippen molar-refractivity contribution in [3.05, 3.63) is 83.9 Å². The highest BCUT2D eigenvalue weighted by molar-refractivity contribution is 7.89. The molecule has 0 saturated carbocycles. The molecule has 1 aliphatic rings. The van der Waals surface area contributed by atoms with Gasteiger partial charge in [-0.2, -0.15) is 0 Å². The monoisotopic (exact) mass is 537 g/mol. The molecule has 0 unspecified atom stereocenters. The van der Waals surface area contributed by atoms with Gasteiger partial charge in [-0.25, -0.2) is 13.1 Å². The number of rotatable bonds is 10. The maximum absolute atomic E-state index is 13.2. The van der Waals surface area contributed by atoms with Crippen molar-refractivity contribution in [3.8, 4) is 11.5 Å². The number of hydrogen-bond acceptors (Lipinski definition) is 6. The molecule has 3 aromatic rings. The van der Waals surface area contributed by atoms with Gasteiger partial charge >= 0.3 is 0 Å². The number of ether oxygens (including phenoxy) is 2. The summed E-state index contributed by atoms with van der Waals surface area (Å²) in [5.74, 6) is 0.137. The summed E-state index contributed by atoms with van der Waals surface area (Å²) >= 11 is 0. The van der Waals surface area contributed by atoms with Gasteiger partial charge in [0.2, 0.25) is 10.0 Å². The zero-order chi connectivity index (χ0) is 27.1. The molecule has 3 aromatic carbocycles. The molecule has 10 heteroatoms. The molecule has 0 fully saturated rings. The number of aryl methyl sites for hydroxylation is 1. The number of nitrogens with one attached hydrogen (secondary N) is 2. The Balaban J connectivity index is 1.43. The molecule has 0 aromatic heterocycles. The third-order valence-corrected chi connectivity index (χ3v) is 7.49. The summed E-state index contributed by atoms with van der Waals surface area (Å²) in [6.45, 7) is 4.02.